The van der Waals surface area contributed by atoms with Gasteiger partial charge >= 0.3 is 0 Å². The maximum atomic E-state index is 13.8. The summed E-state index contributed by atoms with van der Waals surface area (Å²) >= 11 is 0. The van der Waals surface area contributed by atoms with Crippen molar-refractivity contribution in [2.24, 2.45) is 5.73 Å². The standard InChI is InChI=1S/C17H28FNO/c1-3-4-5-6-7-8-9-12-15(19)17-14(18)11-10-13-16(17)20-2/h10-11,13,15H,3-9,12,19H2,1-2H3. The Balaban J connectivity index is 2.34. The Bertz CT molecular complexity index is 381. The molecule has 1 aromatic rings. The highest BCUT2D eigenvalue weighted by atomic mass is 19.1. The molecule has 0 radical (unpaired) electrons. The van der Waals surface area contributed by atoms with E-state index in [9.17, 15) is 4.39 Å². The Kier molecular flexibility index (Phi) is 8.28. The summed E-state index contributed by atoms with van der Waals surface area (Å²) < 4.78 is 19.0. The minimum absolute atomic E-state index is 0.264. The van der Waals surface area contributed by atoms with E-state index in [2.05, 4.69) is 6.92 Å². The number of halogens is 1. The van der Waals surface area contributed by atoms with Gasteiger partial charge in [-0.15, -0.1) is 0 Å². The molecule has 0 aromatic heterocycles. The predicted molar refractivity (Wildman–Crippen MR) is 82.5 cm³/mol. The van der Waals surface area contributed by atoms with Crippen LogP contribution in [0.4, 0.5) is 4.39 Å². The zero-order valence-corrected chi connectivity index (χ0v) is 12.8. The molecule has 3 heteroatoms. The van der Waals surface area contributed by atoms with Gasteiger partial charge < -0.3 is 10.5 Å². The predicted octanol–water partition coefficient (Wildman–Crippen LogP) is 4.97. The van der Waals surface area contributed by atoms with Crippen LogP contribution in [0.5, 0.6) is 5.75 Å². The topological polar surface area (TPSA) is 35.2 Å². The second kappa shape index (κ2) is 9.76. The van der Waals surface area contributed by atoms with Crippen molar-refractivity contribution in [1.29, 1.82) is 0 Å². The van der Waals surface area contributed by atoms with Crippen LogP contribution in [0, 0.1) is 5.82 Å². The summed E-state index contributed by atoms with van der Waals surface area (Å²) in [6.07, 6.45) is 9.50. The average Bonchev–Trinajstić information content (AvgIpc) is 2.45. The summed E-state index contributed by atoms with van der Waals surface area (Å²) in [5, 5.41) is 0. The lowest BCUT2D eigenvalue weighted by atomic mass is 9.99. The first kappa shape index (κ1) is 17.0. The van der Waals surface area contributed by atoms with Crippen LogP contribution in [-0.2, 0) is 0 Å². The van der Waals surface area contributed by atoms with Gasteiger partial charge in [-0.3, -0.25) is 0 Å². The normalized spacial score (nSPS) is 12.4. The van der Waals surface area contributed by atoms with Gasteiger partial charge in [0, 0.05) is 11.6 Å². The first-order valence-electron chi connectivity index (χ1n) is 7.78. The van der Waals surface area contributed by atoms with Crippen molar-refractivity contribution in [2.75, 3.05) is 7.11 Å². The number of nitrogens with two attached hydrogens (primary N) is 1. The Morgan fingerprint density at radius 1 is 1.10 bits per heavy atom. The third-order valence-electron chi connectivity index (χ3n) is 3.72. The molecule has 2 nitrogen and oxygen atoms in total. The molecular formula is C17H28FNO. The second-order valence-electron chi connectivity index (χ2n) is 5.37. The van der Waals surface area contributed by atoms with Crippen molar-refractivity contribution in [2.45, 2.75) is 64.3 Å². The summed E-state index contributed by atoms with van der Waals surface area (Å²) in [7, 11) is 1.55. The Morgan fingerprint density at radius 3 is 2.40 bits per heavy atom. The third kappa shape index (κ3) is 5.49. The molecule has 0 heterocycles. The van der Waals surface area contributed by atoms with Crippen LogP contribution in [-0.4, -0.2) is 7.11 Å². The number of benzene rings is 1. The molecule has 1 aromatic carbocycles. The Morgan fingerprint density at radius 2 is 1.75 bits per heavy atom. The van der Waals surface area contributed by atoms with E-state index < -0.39 is 0 Å². The van der Waals surface area contributed by atoms with Crippen LogP contribution in [0.1, 0.15) is 69.9 Å². The lowest BCUT2D eigenvalue weighted by Crippen LogP contribution is -2.13. The molecule has 0 aliphatic heterocycles. The minimum Gasteiger partial charge on any atom is -0.496 e. The smallest absolute Gasteiger partial charge is 0.131 e. The number of methoxy groups -OCH3 is 1. The summed E-state index contributed by atoms with van der Waals surface area (Å²) in [6, 6.07) is 4.59. The molecule has 1 rings (SSSR count). The van der Waals surface area contributed by atoms with E-state index in [0.717, 1.165) is 12.8 Å². The van der Waals surface area contributed by atoms with Crippen LogP contribution in [0.2, 0.25) is 0 Å². The fraction of sp³-hybridized carbons (Fsp3) is 0.647. The minimum atomic E-state index is -0.276. The van der Waals surface area contributed by atoms with Gasteiger partial charge in [0.1, 0.15) is 11.6 Å². The van der Waals surface area contributed by atoms with Crippen molar-refractivity contribution in [3.63, 3.8) is 0 Å². The molecule has 0 saturated heterocycles. The third-order valence-corrected chi connectivity index (χ3v) is 3.72. The Hall–Kier alpha value is -1.09. The number of hydrogen-bond donors (Lipinski definition) is 1. The van der Waals surface area contributed by atoms with Gasteiger partial charge in [-0.2, -0.15) is 0 Å². The molecule has 1 unspecified atom stereocenters. The molecule has 2 N–H and O–H groups in total. The monoisotopic (exact) mass is 281 g/mol. The number of unbranched alkanes of at least 4 members (excludes halogenated alkanes) is 6. The van der Waals surface area contributed by atoms with Gasteiger partial charge in [0.05, 0.1) is 7.11 Å². The zero-order chi connectivity index (χ0) is 14.8. The largest absolute Gasteiger partial charge is 0.496 e. The molecule has 0 aliphatic rings. The van der Waals surface area contributed by atoms with E-state index in [1.165, 1.54) is 44.6 Å². The van der Waals surface area contributed by atoms with Crippen LogP contribution < -0.4 is 10.5 Å². The van der Waals surface area contributed by atoms with Gasteiger partial charge in [0.25, 0.3) is 0 Å². The van der Waals surface area contributed by atoms with Crippen molar-refractivity contribution < 1.29 is 9.13 Å². The Labute approximate surface area is 122 Å². The van der Waals surface area contributed by atoms with E-state index in [1.54, 1.807) is 19.2 Å². The van der Waals surface area contributed by atoms with Crippen LogP contribution in [0.15, 0.2) is 18.2 Å². The van der Waals surface area contributed by atoms with Crippen LogP contribution in [0.25, 0.3) is 0 Å². The van der Waals surface area contributed by atoms with Gasteiger partial charge in [0.15, 0.2) is 0 Å². The fourth-order valence-electron chi connectivity index (χ4n) is 2.52. The molecule has 0 bridgehead atoms. The summed E-state index contributed by atoms with van der Waals surface area (Å²) in [4.78, 5) is 0. The molecule has 0 aliphatic carbocycles. The highest BCUT2D eigenvalue weighted by Gasteiger charge is 2.16. The molecular weight excluding hydrogens is 253 g/mol. The lowest BCUT2D eigenvalue weighted by Gasteiger charge is -2.16. The maximum absolute atomic E-state index is 13.8. The molecule has 0 amide bonds. The molecule has 20 heavy (non-hydrogen) atoms. The van der Waals surface area contributed by atoms with E-state index in [1.807, 2.05) is 0 Å². The molecule has 0 fully saturated rings. The lowest BCUT2D eigenvalue weighted by molar-refractivity contribution is 0.395. The molecule has 0 spiro atoms. The first-order valence-corrected chi connectivity index (χ1v) is 7.78. The highest BCUT2D eigenvalue weighted by molar-refractivity contribution is 5.36. The van der Waals surface area contributed by atoms with Crippen molar-refractivity contribution in [3.8, 4) is 5.75 Å². The zero-order valence-electron chi connectivity index (χ0n) is 12.8. The maximum Gasteiger partial charge on any atom is 0.131 e. The highest BCUT2D eigenvalue weighted by Crippen LogP contribution is 2.29. The van der Waals surface area contributed by atoms with Crippen molar-refractivity contribution >= 4 is 0 Å². The van der Waals surface area contributed by atoms with Gasteiger partial charge in [-0.05, 0) is 18.6 Å². The van der Waals surface area contributed by atoms with Gasteiger partial charge in [-0.1, -0.05) is 57.9 Å². The van der Waals surface area contributed by atoms with Gasteiger partial charge in [-0.25, -0.2) is 4.39 Å². The fourth-order valence-corrected chi connectivity index (χ4v) is 2.52. The number of rotatable bonds is 10. The molecule has 1 atom stereocenters. The van der Waals surface area contributed by atoms with Crippen LogP contribution >= 0.6 is 0 Å². The first-order chi connectivity index (χ1) is 9.70. The van der Waals surface area contributed by atoms with Gasteiger partial charge in [0.2, 0.25) is 0 Å². The van der Waals surface area contributed by atoms with Crippen molar-refractivity contribution in [1.82, 2.24) is 0 Å². The summed E-state index contributed by atoms with van der Waals surface area (Å²) in [5.74, 6) is 0.292. The van der Waals surface area contributed by atoms with Crippen LogP contribution in [0.3, 0.4) is 0 Å². The molecule has 0 saturated carbocycles. The summed E-state index contributed by atoms with van der Waals surface area (Å²) in [5.41, 5.74) is 6.63. The second-order valence-corrected chi connectivity index (χ2v) is 5.37. The average molecular weight is 281 g/mol. The van der Waals surface area contributed by atoms with E-state index >= 15 is 0 Å². The van der Waals surface area contributed by atoms with E-state index in [4.69, 9.17) is 10.5 Å². The SMILES string of the molecule is CCCCCCCCCC(N)c1c(F)cccc1OC. The number of hydrogen-bond acceptors (Lipinski definition) is 2. The van der Waals surface area contributed by atoms with E-state index in [-0.39, 0.29) is 11.9 Å². The quantitative estimate of drug-likeness (QED) is 0.614. The molecule has 114 valence electrons. The van der Waals surface area contributed by atoms with E-state index in [0.29, 0.717) is 11.3 Å². The number of ether oxygens (including phenoxy) is 1. The van der Waals surface area contributed by atoms with Crippen molar-refractivity contribution in [3.05, 3.63) is 29.6 Å². The summed E-state index contributed by atoms with van der Waals surface area (Å²) in [6.45, 7) is 2.22.